The molecule has 1 aliphatic rings. The number of rotatable bonds is 14. The van der Waals surface area contributed by atoms with E-state index in [0.717, 1.165) is 5.69 Å². The van der Waals surface area contributed by atoms with Crippen molar-refractivity contribution in [1.29, 1.82) is 0 Å². The van der Waals surface area contributed by atoms with Crippen LogP contribution >= 0.6 is 0 Å². The third-order valence-corrected chi connectivity index (χ3v) is 8.34. The Morgan fingerprint density at radius 1 is 1.05 bits per heavy atom. The number of esters is 1. The van der Waals surface area contributed by atoms with Gasteiger partial charge < -0.3 is 4.74 Å². The summed E-state index contributed by atoms with van der Waals surface area (Å²) in [5.74, 6) is -0.844. The van der Waals surface area contributed by atoms with Crippen molar-refractivity contribution in [1.82, 2.24) is 0 Å². The van der Waals surface area contributed by atoms with Crippen LogP contribution in [-0.2, 0) is 35.2 Å². The molecule has 216 valence electrons. The Balaban J connectivity index is 2.05. The fourth-order valence-electron chi connectivity index (χ4n) is 4.97. The van der Waals surface area contributed by atoms with Gasteiger partial charge in [0, 0.05) is 37.6 Å². The largest absolute Gasteiger partial charge is 0.466 e. The summed E-state index contributed by atoms with van der Waals surface area (Å²) in [5.41, 5.74) is 1.38. The van der Waals surface area contributed by atoms with Crippen molar-refractivity contribution in [2.75, 3.05) is 18.9 Å². The summed E-state index contributed by atoms with van der Waals surface area (Å²) in [5, 5.41) is 0. The number of ether oxygens (including phenoxy) is 1. The number of nitrogens with zero attached hydrogens (tertiary/aromatic N) is 2. The number of fused-ring (bicyclic) bond motifs is 1. The summed E-state index contributed by atoms with van der Waals surface area (Å²) in [6, 6.07) is 13.9. The van der Waals surface area contributed by atoms with Crippen LogP contribution in [0.3, 0.4) is 0 Å². The molecule has 0 saturated carbocycles. The smallest absolute Gasteiger partial charge is 0.305 e. The van der Waals surface area contributed by atoms with Gasteiger partial charge in [-0.15, -0.1) is 0 Å². The van der Waals surface area contributed by atoms with E-state index in [1.54, 1.807) is 19.2 Å². The summed E-state index contributed by atoms with van der Waals surface area (Å²) < 4.78 is 73.9. The van der Waals surface area contributed by atoms with Crippen molar-refractivity contribution in [3.05, 3.63) is 66.2 Å². The van der Waals surface area contributed by atoms with E-state index in [1.165, 1.54) is 12.1 Å². The Kier molecular flexibility index (Phi) is 10.5. The molecule has 1 aliphatic heterocycles. The van der Waals surface area contributed by atoms with Gasteiger partial charge in [-0.05, 0) is 44.9 Å². The maximum Gasteiger partial charge on any atom is 0.305 e. The van der Waals surface area contributed by atoms with Gasteiger partial charge >= 0.3 is 5.97 Å². The summed E-state index contributed by atoms with van der Waals surface area (Å²) in [6.45, 7) is 3.96. The Morgan fingerprint density at radius 3 is 2.42 bits per heavy atom. The molecule has 0 radical (unpaired) electrons. The SMILES string of the molecule is CCOC(=O)CCCC1(C)C(C=CCC=Nc2ccccc2)=[N+](CCCS(=O)(=O)O)c2cccc(S(=O)(=O)O)c21. The van der Waals surface area contributed by atoms with E-state index < -0.39 is 31.4 Å². The third-order valence-electron chi connectivity index (χ3n) is 6.64. The van der Waals surface area contributed by atoms with E-state index >= 15 is 0 Å². The van der Waals surface area contributed by atoms with Crippen molar-refractivity contribution < 1.29 is 40.0 Å². The van der Waals surface area contributed by atoms with Crippen LogP contribution in [0.2, 0.25) is 0 Å². The van der Waals surface area contributed by atoms with Crippen LogP contribution in [0.4, 0.5) is 11.4 Å². The molecule has 0 fully saturated rings. The first-order chi connectivity index (χ1) is 18.9. The first kappa shape index (κ1) is 31.3. The number of hydrogen-bond donors (Lipinski definition) is 2. The van der Waals surface area contributed by atoms with E-state index in [-0.39, 0.29) is 36.9 Å². The second kappa shape index (κ2) is 13.4. The van der Waals surface area contributed by atoms with Gasteiger partial charge in [0.05, 0.1) is 29.0 Å². The van der Waals surface area contributed by atoms with Crippen molar-refractivity contribution in [2.45, 2.75) is 56.3 Å². The van der Waals surface area contributed by atoms with Crippen LogP contribution < -0.4 is 0 Å². The zero-order chi connectivity index (χ0) is 29.4. The Hall–Kier alpha value is -3.19. The van der Waals surface area contributed by atoms with Crippen molar-refractivity contribution >= 4 is 49.5 Å². The van der Waals surface area contributed by atoms with Gasteiger partial charge in [-0.1, -0.05) is 30.3 Å². The molecule has 1 heterocycles. The molecular weight excluding hydrogens is 556 g/mol. The predicted molar refractivity (Wildman–Crippen MR) is 153 cm³/mol. The molecule has 0 bridgehead atoms. The lowest BCUT2D eigenvalue weighted by atomic mass is 9.75. The number of carbonyl (C=O) groups is 1. The van der Waals surface area contributed by atoms with Gasteiger partial charge in [0.15, 0.2) is 5.71 Å². The van der Waals surface area contributed by atoms with Gasteiger partial charge in [-0.25, -0.2) is 0 Å². The molecule has 0 aromatic heterocycles. The molecule has 0 aliphatic carbocycles. The zero-order valence-electron chi connectivity index (χ0n) is 22.6. The van der Waals surface area contributed by atoms with E-state index in [9.17, 15) is 30.7 Å². The molecule has 1 unspecified atom stereocenters. The van der Waals surface area contributed by atoms with Gasteiger partial charge in [-0.3, -0.25) is 18.9 Å². The first-order valence-electron chi connectivity index (χ1n) is 13.0. The Morgan fingerprint density at radius 2 is 1.77 bits per heavy atom. The predicted octanol–water partition coefficient (Wildman–Crippen LogP) is 4.65. The topological polar surface area (TPSA) is 150 Å². The van der Waals surface area contributed by atoms with Crippen LogP contribution in [0.15, 0.2) is 70.6 Å². The normalized spacial score (nSPS) is 17.6. The van der Waals surface area contributed by atoms with E-state index in [1.807, 2.05) is 54.0 Å². The number of hydrogen-bond acceptors (Lipinski definition) is 7. The quantitative estimate of drug-likeness (QED) is 0.139. The highest BCUT2D eigenvalue weighted by atomic mass is 32.2. The molecule has 0 amide bonds. The van der Waals surface area contributed by atoms with Crippen LogP contribution in [0.1, 0.15) is 51.5 Å². The van der Waals surface area contributed by atoms with Crippen LogP contribution in [0, 0.1) is 0 Å². The molecular formula is C28H35N2O8S2+. The summed E-state index contributed by atoms with van der Waals surface area (Å²) in [6.07, 6.45) is 6.80. The number of aliphatic imine (C=N–C) groups is 1. The maximum absolute atomic E-state index is 12.4. The fraction of sp³-hybridized carbons (Fsp3) is 0.393. The zero-order valence-corrected chi connectivity index (χ0v) is 24.2. The minimum Gasteiger partial charge on any atom is -0.466 e. The summed E-state index contributed by atoms with van der Waals surface area (Å²) in [4.78, 5) is 16.2. The molecule has 2 aromatic rings. The number of carbonyl (C=O) groups excluding carboxylic acids is 1. The molecule has 10 nitrogen and oxygen atoms in total. The number of para-hydroxylation sites is 1. The second-order valence-electron chi connectivity index (χ2n) is 9.58. The van der Waals surface area contributed by atoms with Crippen LogP contribution in [0.25, 0.3) is 0 Å². The first-order valence-corrected chi connectivity index (χ1v) is 16.0. The lowest BCUT2D eigenvalue weighted by Gasteiger charge is -2.24. The van der Waals surface area contributed by atoms with Gasteiger partial charge in [0.1, 0.15) is 11.4 Å². The van der Waals surface area contributed by atoms with E-state index in [2.05, 4.69) is 4.99 Å². The molecule has 1 atom stereocenters. The highest BCUT2D eigenvalue weighted by Crippen LogP contribution is 2.46. The van der Waals surface area contributed by atoms with Crippen molar-refractivity contribution in [3.8, 4) is 0 Å². The molecule has 0 spiro atoms. The molecule has 3 rings (SSSR count). The van der Waals surface area contributed by atoms with Crippen molar-refractivity contribution in [3.63, 3.8) is 0 Å². The highest BCUT2D eigenvalue weighted by molar-refractivity contribution is 7.86. The molecule has 12 heteroatoms. The summed E-state index contributed by atoms with van der Waals surface area (Å²) >= 11 is 0. The minimum atomic E-state index is -4.61. The molecule has 2 aromatic carbocycles. The molecule has 2 N–H and O–H groups in total. The average Bonchev–Trinajstić information content (AvgIpc) is 3.11. The Bertz CT molecular complexity index is 1510. The monoisotopic (exact) mass is 591 g/mol. The van der Waals surface area contributed by atoms with E-state index in [0.29, 0.717) is 36.2 Å². The lowest BCUT2D eigenvalue weighted by Crippen LogP contribution is -2.33. The minimum absolute atomic E-state index is 0.0695. The van der Waals surface area contributed by atoms with Gasteiger partial charge in [-0.2, -0.15) is 21.4 Å². The number of allylic oxidation sites excluding steroid dienone is 2. The molecule has 40 heavy (non-hydrogen) atoms. The highest BCUT2D eigenvalue weighted by Gasteiger charge is 2.50. The summed E-state index contributed by atoms with van der Waals surface area (Å²) in [7, 11) is -8.82. The number of benzene rings is 2. The maximum atomic E-state index is 12.4. The Labute approximate surface area is 235 Å². The van der Waals surface area contributed by atoms with Gasteiger partial charge in [0.25, 0.3) is 20.2 Å². The average molecular weight is 592 g/mol. The molecule has 0 saturated heterocycles. The fourth-order valence-corrected chi connectivity index (χ4v) is 6.31. The standard InChI is InChI=1S/C28H34N2O8S2/c1-3-38-26(31)17-10-18-28(2)25(16-7-8-19-29-22-12-5-4-6-13-22)30(20-11-21-39(32,33)34)23-14-9-15-24(27(23)28)40(35,36)37/h4-7,9,12-16,19H,3,8,10-11,17-18,20-21H2,1-2H3,(H-,32,33,34,35,36,37)/p+1. The third kappa shape index (κ3) is 8.17. The van der Waals surface area contributed by atoms with Crippen LogP contribution in [0.5, 0.6) is 0 Å². The van der Waals surface area contributed by atoms with Crippen molar-refractivity contribution in [2.24, 2.45) is 4.99 Å². The van der Waals surface area contributed by atoms with Crippen LogP contribution in [-0.4, -0.2) is 67.3 Å². The second-order valence-corrected chi connectivity index (χ2v) is 12.5. The van der Waals surface area contributed by atoms with Gasteiger partial charge in [0.2, 0.25) is 5.69 Å². The van der Waals surface area contributed by atoms with E-state index in [4.69, 9.17) is 4.74 Å². The lowest BCUT2D eigenvalue weighted by molar-refractivity contribution is -0.437.